The van der Waals surface area contributed by atoms with E-state index in [1.807, 2.05) is 0 Å². The first-order chi connectivity index (χ1) is 11.0. The molecule has 0 bridgehead atoms. The van der Waals surface area contributed by atoms with E-state index in [2.05, 4.69) is 38.9 Å². The number of fused-ring (bicyclic) bond motifs is 1. The molecule has 0 spiro atoms. The van der Waals surface area contributed by atoms with Gasteiger partial charge in [-0.25, -0.2) is 4.99 Å². The maximum atomic E-state index is 10.1. The molecule has 0 amide bonds. The average molecular weight is 411 g/mol. The standard InChI is InChI=1S/C16H13BrClN3OS/c1-21-3-2-11-12(6-19)16(23-14(11)8-21)20-7-9-4-10(18)5-13(17)15(9)22/h4-5,7,22H,2-3,8H2,1H3/b20-7+. The van der Waals surface area contributed by atoms with Crippen LogP contribution in [0, 0.1) is 11.3 Å². The Morgan fingerprint density at radius 3 is 3.04 bits per heavy atom. The zero-order valence-corrected chi connectivity index (χ0v) is 15.5. The van der Waals surface area contributed by atoms with Crippen molar-refractivity contribution < 1.29 is 5.11 Å². The smallest absolute Gasteiger partial charge is 0.138 e. The first-order valence-corrected chi connectivity index (χ1v) is 8.93. The Balaban J connectivity index is 2.00. The van der Waals surface area contributed by atoms with E-state index in [0.717, 1.165) is 25.1 Å². The Kier molecular flexibility index (Phi) is 4.74. The third-order valence-corrected chi connectivity index (χ3v) is 5.67. The molecule has 2 aromatic rings. The lowest BCUT2D eigenvalue weighted by Gasteiger charge is -2.21. The summed E-state index contributed by atoms with van der Waals surface area (Å²) in [6.07, 6.45) is 2.42. The Morgan fingerprint density at radius 1 is 1.52 bits per heavy atom. The van der Waals surface area contributed by atoms with E-state index in [-0.39, 0.29) is 5.75 Å². The second-order valence-electron chi connectivity index (χ2n) is 5.37. The highest BCUT2D eigenvalue weighted by molar-refractivity contribution is 9.10. The number of nitriles is 1. The molecule has 1 aliphatic heterocycles. The number of hydrogen-bond donors (Lipinski definition) is 1. The molecule has 4 nitrogen and oxygen atoms in total. The van der Waals surface area contributed by atoms with Gasteiger partial charge in [-0.1, -0.05) is 11.6 Å². The van der Waals surface area contributed by atoms with Gasteiger partial charge >= 0.3 is 0 Å². The predicted molar refractivity (Wildman–Crippen MR) is 97.1 cm³/mol. The highest BCUT2D eigenvalue weighted by atomic mass is 79.9. The number of likely N-dealkylation sites (N-methyl/N-ethyl adjacent to an activating group) is 1. The Hall–Kier alpha value is -1.39. The number of benzene rings is 1. The lowest BCUT2D eigenvalue weighted by molar-refractivity contribution is 0.317. The molecule has 118 valence electrons. The van der Waals surface area contributed by atoms with Crippen LogP contribution in [0.5, 0.6) is 5.75 Å². The van der Waals surface area contributed by atoms with Crippen LogP contribution in [0.4, 0.5) is 5.00 Å². The third kappa shape index (κ3) is 3.29. The summed E-state index contributed by atoms with van der Waals surface area (Å²) in [5.41, 5.74) is 2.27. The van der Waals surface area contributed by atoms with Gasteiger partial charge in [0.05, 0.1) is 10.0 Å². The maximum Gasteiger partial charge on any atom is 0.138 e. The zero-order valence-electron chi connectivity index (χ0n) is 12.3. The van der Waals surface area contributed by atoms with Crippen LogP contribution in [-0.4, -0.2) is 29.8 Å². The molecule has 0 saturated carbocycles. The van der Waals surface area contributed by atoms with Crippen LogP contribution in [0.3, 0.4) is 0 Å². The molecule has 0 fully saturated rings. The SMILES string of the molecule is CN1CCc2c(sc(/N=C/c3cc(Cl)cc(Br)c3O)c2C#N)C1. The van der Waals surface area contributed by atoms with Crippen molar-refractivity contribution in [2.24, 2.45) is 4.99 Å². The quantitative estimate of drug-likeness (QED) is 0.743. The Bertz CT molecular complexity index is 841. The van der Waals surface area contributed by atoms with Gasteiger partial charge in [0.25, 0.3) is 0 Å². The normalized spacial score (nSPS) is 14.9. The van der Waals surface area contributed by atoms with E-state index < -0.39 is 0 Å². The van der Waals surface area contributed by atoms with Gasteiger partial charge in [0, 0.05) is 34.8 Å². The van der Waals surface area contributed by atoms with Crippen LogP contribution >= 0.6 is 38.9 Å². The molecule has 1 N–H and O–H groups in total. The molecular weight excluding hydrogens is 398 g/mol. The van der Waals surface area contributed by atoms with E-state index >= 15 is 0 Å². The lowest BCUT2D eigenvalue weighted by Crippen LogP contribution is -2.25. The van der Waals surface area contributed by atoms with E-state index in [4.69, 9.17) is 11.6 Å². The van der Waals surface area contributed by atoms with E-state index in [0.29, 0.717) is 25.6 Å². The molecular formula is C16H13BrClN3OS. The van der Waals surface area contributed by atoms with Gasteiger partial charge in [-0.05, 0) is 47.1 Å². The predicted octanol–water partition coefficient (Wildman–Crippen LogP) is 4.48. The number of nitrogens with zero attached hydrogens (tertiary/aromatic N) is 3. The molecule has 2 heterocycles. The molecule has 0 unspecified atom stereocenters. The average Bonchev–Trinajstić information content (AvgIpc) is 2.85. The van der Waals surface area contributed by atoms with Gasteiger partial charge < -0.3 is 10.0 Å². The van der Waals surface area contributed by atoms with Crippen LogP contribution in [0.15, 0.2) is 21.6 Å². The minimum absolute atomic E-state index is 0.0812. The fraction of sp³-hybridized carbons (Fsp3) is 0.250. The molecule has 7 heteroatoms. The van der Waals surface area contributed by atoms with Gasteiger partial charge in [-0.3, -0.25) is 0 Å². The molecule has 0 atom stereocenters. The highest BCUT2D eigenvalue weighted by Crippen LogP contribution is 2.38. The molecule has 23 heavy (non-hydrogen) atoms. The van der Waals surface area contributed by atoms with E-state index in [1.54, 1.807) is 18.3 Å². The number of thiophene rings is 1. The Morgan fingerprint density at radius 2 is 2.30 bits per heavy atom. The summed E-state index contributed by atoms with van der Waals surface area (Å²) in [5.74, 6) is 0.0812. The number of rotatable bonds is 2. The number of aromatic hydroxyl groups is 1. The van der Waals surface area contributed by atoms with Gasteiger partial charge in [0.15, 0.2) is 0 Å². The number of aliphatic imine (C=N–C) groups is 1. The van der Waals surface area contributed by atoms with E-state index in [1.165, 1.54) is 16.2 Å². The summed E-state index contributed by atoms with van der Waals surface area (Å²) in [7, 11) is 2.07. The largest absolute Gasteiger partial charge is 0.506 e. The summed E-state index contributed by atoms with van der Waals surface area (Å²) in [6.45, 7) is 1.79. The summed E-state index contributed by atoms with van der Waals surface area (Å²) in [6, 6.07) is 5.53. The first kappa shape index (κ1) is 16.5. The van der Waals surface area contributed by atoms with Gasteiger partial charge in [0.2, 0.25) is 0 Å². The van der Waals surface area contributed by atoms with Crippen molar-refractivity contribution in [2.75, 3.05) is 13.6 Å². The molecule has 1 aromatic carbocycles. The van der Waals surface area contributed by atoms with Crippen molar-refractivity contribution in [2.45, 2.75) is 13.0 Å². The van der Waals surface area contributed by atoms with E-state index in [9.17, 15) is 10.4 Å². The van der Waals surface area contributed by atoms with Gasteiger partial charge in [-0.2, -0.15) is 5.26 Å². The van der Waals surface area contributed by atoms with Gasteiger partial charge in [0.1, 0.15) is 16.8 Å². The van der Waals surface area contributed by atoms with Gasteiger partial charge in [-0.15, -0.1) is 11.3 Å². The van der Waals surface area contributed by atoms with Crippen molar-refractivity contribution >= 4 is 50.1 Å². The summed E-state index contributed by atoms with van der Waals surface area (Å²) < 4.78 is 0.513. The first-order valence-electron chi connectivity index (χ1n) is 6.95. The van der Waals surface area contributed by atoms with Crippen molar-refractivity contribution in [1.29, 1.82) is 5.26 Å². The monoisotopic (exact) mass is 409 g/mol. The lowest BCUT2D eigenvalue weighted by atomic mass is 10.0. The maximum absolute atomic E-state index is 10.1. The second kappa shape index (κ2) is 6.62. The van der Waals surface area contributed by atoms with Crippen LogP contribution in [0.2, 0.25) is 5.02 Å². The van der Waals surface area contributed by atoms with Crippen LogP contribution in [0.25, 0.3) is 0 Å². The van der Waals surface area contributed by atoms with Crippen LogP contribution in [0.1, 0.15) is 21.6 Å². The number of halogens is 2. The van der Waals surface area contributed by atoms with Crippen molar-refractivity contribution in [1.82, 2.24) is 4.90 Å². The molecule has 0 aliphatic carbocycles. The third-order valence-electron chi connectivity index (χ3n) is 3.72. The van der Waals surface area contributed by atoms with Crippen LogP contribution < -0.4 is 0 Å². The van der Waals surface area contributed by atoms with Crippen molar-refractivity contribution in [3.05, 3.63) is 43.2 Å². The number of phenols is 1. The summed E-state index contributed by atoms with van der Waals surface area (Å²) in [5, 5.41) is 20.7. The summed E-state index contributed by atoms with van der Waals surface area (Å²) in [4.78, 5) is 7.86. The topological polar surface area (TPSA) is 59.6 Å². The fourth-order valence-electron chi connectivity index (χ4n) is 2.54. The molecule has 3 rings (SSSR count). The zero-order chi connectivity index (χ0) is 16.6. The van der Waals surface area contributed by atoms with Crippen LogP contribution in [-0.2, 0) is 13.0 Å². The number of hydrogen-bond acceptors (Lipinski definition) is 5. The minimum atomic E-state index is 0.0812. The van der Waals surface area contributed by atoms with Crippen molar-refractivity contribution in [3.8, 4) is 11.8 Å². The second-order valence-corrected chi connectivity index (χ2v) is 7.74. The minimum Gasteiger partial charge on any atom is -0.506 e. The molecule has 1 aliphatic rings. The van der Waals surface area contributed by atoms with Crippen molar-refractivity contribution in [3.63, 3.8) is 0 Å². The highest BCUT2D eigenvalue weighted by Gasteiger charge is 2.22. The molecule has 0 saturated heterocycles. The fourth-order valence-corrected chi connectivity index (χ4v) is 4.59. The number of phenolic OH excluding ortho intramolecular Hbond substituents is 1. The molecule has 1 aromatic heterocycles. The summed E-state index contributed by atoms with van der Waals surface area (Å²) >= 11 is 10.8. The molecule has 0 radical (unpaired) electrons. The Labute approximate surface area is 151 Å².